The Labute approximate surface area is 166 Å². The maximum absolute atomic E-state index is 11.7. The molecule has 1 aromatic carbocycles. The van der Waals surface area contributed by atoms with Crippen LogP contribution >= 0.6 is 0 Å². The normalized spacial score (nSPS) is 14.1. The average molecular weight is 396 g/mol. The summed E-state index contributed by atoms with van der Waals surface area (Å²) in [5, 5.41) is 27.3. The number of carbonyl (C=O) groups is 2. The number of aliphatic hydroxyl groups excluding tert-OH is 2. The van der Waals surface area contributed by atoms with E-state index in [0.717, 1.165) is 24.8 Å². The van der Waals surface area contributed by atoms with Crippen LogP contribution in [0.25, 0.3) is 0 Å². The van der Waals surface area contributed by atoms with Crippen molar-refractivity contribution in [2.75, 3.05) is 0 Å². The van der Waals surface area contributed by atoms with E-state index in [9.17, 15) is 19.8 Å². The fourth-order valence-electron chi connectivity index (χ4n) is 2.80. The number of benzene rings is 1. The summed E-state index contributed by atoms with van der Waals surface area (Å²) in [6, 6.07) is 7.43. The molecule has 7 heteroatoms. The minimum atomic E-state index is -2.25. The first kappa shape index (κ1) is 23.9. The van der Waals surface area contributed by atoms with Crippen LogP contribution in [0, 0.1) is 0 Å². The van der Waals surface area contributed by atoms with Crippen LogP contribution in [0.1, 0.15) is 64.4 Å². The number of esters is 1. The Morgan fingerprint density at radius 1 is 0.964 bits per heavy atom. The van der Waals surface area contributed by atoms with Crippen LogP contribution in [0.15, 0.2) is 24.3 Å². The van der Waals surface area contributed by atoms with Crippen molar-refractivity contribution < 1.29 is 34.4 Å². The summed E-state index contributed by atoms with van der Waals surface area (Å²) in [6.45, 7) is 3.66. The Morgan fingerprint density at radius 3 is 2.21 bits per heavy atom. The van der Waals surface area contributed by atoms with E-state index in [4.69, 9.17) is 14.6 Å². The zero-order valence-corrected chi connectivity index (χ0v) is 16.7. The number of hydrogen-bond acceptors (Lipinski definition) is 6. The smallest absolute Gasteiger partial charge is 0.341 e. The van der Waals surface area contributed by atoms with Gasteiger partial charge in [0.25, 0.3) is 0 Å². The highest BCUT2D eigenvalue weighted by Crippen LogP contribution is 2.22. The van der Waals surface area contributed by atoms with Gasteiger partial charge in [-0.3, -0.25) is 0 Å². The first-order valence-electron chi connectivity index (χ1n) is 9.90. The number of ether oxygens (including phenoxy) is 2. The van der Waals surface area contributed by atoms with Crippen LogP contribution in [-0.4, -0.2) is 45.8 Å². The monoisotopic (exact) mass is 396 g/mol. The third-order valence-electron chi connectivity index (χ3n) is 4.39. The standard InChI is InChI=1S/C21H32O7/c1-3-4-5-6-7-8-9-12-16-13-10-11-14-17(16)27-15(2)28-21(26)19(23)18(22)20(24)25/h10-11,13-15,18-19,22-23H,3-9,12H2,1-2H3,(H,24,25). The van der Waals surface area contributed by atoms with Crippen molar-refractivity contribution in [1.82, 2.24) is 0 Å². The lowest BCUT2D eigenvalue weighted by molar-refractivity contribution is -0.182. The van der Waals surface area contributed by atoms with Crippen LogP contribution in [0.2, 0.25) is 0 Å². The molecule has 7 nitrogen and oxygen atoms in total. The quantitative estimate of drug-likeness (QED) is 0.252. The highest BCUT2D eigenvalue weighted by molar-refractivity contribution is 5.84. The highest BCUT2D eigenvalue weighted by atomic mass is 16.7. The maximum atomic E-state index is 11.7. The van der Waals surface area contributed by atoms with Gasteiger partial charge in [0.05, 0.1) is 0 Å². The summed E-state index contributed by atoms with van der Waals surface area (Å²) in [5.74, 6) is -2.40. The van der Waals surface area contributed by atoms with E-state index in [2.05, 4.69) is 6.92 Å². The van der Waals surface area contributed by atoms with Crippen molar-refractivity contribution in [2.45, 2.75) is 83.7 Å². The van der Waals surface area contributed by atoms with Crippen LogP contribution < -0.4 is 4.74 Å². The second kappa shape index (κ2) is 13.1. The van der Waals surface area contributed by atoms with Crippen molar-refractivity contribution in [3.63, 3.8) is 0 Å². The molecule has 1 aromatic rings. The molecule has 0 aliphatic carbocycles. The van der Waals surface area contributed by atoms with Gasteiger partial charge in [-0.2, -0.15) is 0 Å². The second-order valence-corrected chi connectivity index (χ2v) is 6.83. The Hall–Kier alpha value is -2.12. The van der Waals surface area contributed by atoms with Crippen molar-refractivity contribution >= 4 is 11.9 Å². The Bertz CT molecular complexity index is 602. The van der Waals surface area contributed by atoms with Gasteiger partial charge in [0, 0.05) is 6.92 Å². The van der Waals surface area contributed by atoms with Crippen LogP contribution in [0.5, 0.6) is 5.75 Å². The third-order valence-corrected chi connectivity index (χ3v) is 4.39. The average Bonchev–Trinajstić information content (AvgIpc) is 2.67. The van der Waals surface area contributed by atoms with Gasteiger partial charge in [-0.05, 0) is 24.5 Å². The molecule has 28 heavy (non-hydrogen) atoms. The molecule has 0 radical (unpaired) electrons. The molecule has 0 aliphatic heterocycles. The van der Waals surface area contributed by atoms with E-state index >= 15 is 0 Å². The van der Waals surface area contributed by atoms with Gasteiger partial charge >= 0.3 is 11.9 Å². The number of unbranched alkanes of at least 4 members (excludes halogenated alkanes) is 6. The van der Waals surface area contributed by atoms with Crippen molar-refractivity contribution in [3.05, 3.63) is 29.8 Å². The van der Waals surface area contributed by atoms with Gasteiger partial charge in [0.1, 0.15) is 5.75 Å². The number of carboxylic acids is 1. The van der Waals surface area contributed by atoms with Crippen LogP contribution in [-0.2, 0) is 20.7 Å². The van der Waals surface area contributed by atoms with Gasteiger partial charge in [-0.15, -0.1) is 0 Å². The summed E-state index contributed by atoms with van der Waals surface area (Å²) in [4.78, 5) is 22.3. The van der Waals surface area contributed by atoms with Gasteiger partial charge in [-0.1, -0.05) is 63.6 Å². The SMILES string of the molecule is CCCCCCCCCc1ccccc1OC(C)OC(=O)C(O)C(O)C(=O)O. The Balaban J connectivity index is 2.48. The molecule has 0 aromatic heterocycles. The summed E-state index contributed by atoms with van der Waals surface area (Å²) < 4.78 is 10.5. The van der Waals surface area contributed by atoms with E-state index < -0.39 is 30.4 Å². The van der Waals surface area contributed by atoms with Crippen molar-refractivity contribution in [3.8, 4) is 5.75 Å². The van der Waals surface area contributed by atoms with E-state index in [1.165, 1.54) is 39.0 Å². The predicted octanol–water partition coefficient (Wildman–Crippen LogP) is 3.05. The van der Waals surface area contributed by atoms with Crippen LogP contribution in [0.3, 0.4) is 0 Å². The van der Waals surface area contributed by atoms with E-state index in [0.29, 0.717) is 5.75 Å². The Morgan fingerprint density at radius 2 is 1.57 bits per heavy atom. The number of carbonyl (C=O) groups excluding carboxylic acids is 1. The second-order valence-electron chi connectivity index (χ2n) is 6.83. The summed E-state index contributed by atoms with van der Waals surface area (Å²) in [5.41, 5.74) is 0.991. The highest BCUT2D eigenvalue weighted by Gasteiger charge is 2.32. The lowest BCUT2D eigenvalue weighted by atomic mass is 10.0. The minimum absolute atomic E-state index is 0.571. The molecular weight excluding hydrogens is 364 g/mol. The molecule has 0 spiro atoms. The molecule has 3 atom stereocenters. The topological polar surface area (TPSA) is 113 Å². The fourth-order valence-corrected chi connectivity index (χ4v) is 2.80. The number of aliphatic hydroxyl groups is 2. The van der Waals surface area contributed by atoms with E-state index in [1.807, 2.05) is 12.1 Å². The minimum Gasteiger partial charge on any atom is -0.479 e. The number of rotatable bonds is 14. The lowest BCUT2D eigenvalue weighted by Crippen LogP contribution is -2.42. The van der Waals surface area contributed by atoms with Crippen LogP contribution in [0.4, 0.5) is 0 Å². The summed E-state index contributed by atoms with van der Waals surface area (Å²) in [7, 11) is 0. The molecule has 0 amide bonds. The number of hydrogen-bond donors (Lipinski definition) is 3. The summed E-state index contributed by atoms with van der Waals surface area (Å²) >= 11 is 0. The predicted molar refractivity (Wildman–Crippen MR) is 104 cm³/mol. The molecule has 3 unspecified atom stereocenters. The molecule has 158 valence electrons. The van der Waals surface area contributed by atoms with E-state index in [1.54, 1.807) is 12.1 Å². The first-order chi connectivity index (χ1) is 13.4. The molecule has 3 N–H and O–H groups in total. The molecule has 0 heterocycles. The number of para-hydroxylation sites is 1. The molecule has 0 saturated heterocycles. The molecule has 1 rings (SSSR count). The maximum Gasteiger partial charge on any atom is 0.341 e. The number of aliphatic carboxylic acids is 1. The molecular formula is C21H32O7. The summed E-state index contributed by atoms with van der Waals surface area (Å²) in [6.07, 6.45) is 3.81. The van der Waals surface area contributed by atoms with Crippen molar-refractivity contribution in [2.24, 2.45) is 0 Å². The largest absolute Gasteiger partial charge is 0.479 e. The van der Waals surface area contributed by atoms with Gasteiger partial charge in [0.15, 0.2) is 12.2 Å². The zero-order chi connectivity index (χ0) is 20.9. The van der Waals surface area contributed by atoms with Gasteiger partial charge in [-0.25, -0.2) is 9.59 Å². The molecule has 0 saturated carbocycles. The fraction of sp³-hybridized carbons (Fsp3) is 0.619. The van der Waals surface area contributed by atoms with Gasteiger partial charge in [0.2, 0.25) is 6.29 Å². The molecule has 0 fully saturated rings. The third kappa shape index (κ3) is 8.71. The lowest BCUT2D eigenvalue weighted by Gasteiger charge is -2.20. The molecule has 0 bridgehead atoms. The number of aryl methyl sites for hydroxylation is 1. The Kier molecular flexibility index (Phi) is 11.2. The zero-order valence-electron chi connectivity index (χ0n) is 16.7. The van der Waals surface area contributed by atoms with E-state index in [-0.39, 0.29) is 0 Å². The number of carboxylic acid groups (broad SMARTS) is 1. The molecule has 0 aliphatic rings. The first-order valence-corrected chi connectivity index (χ1v) is 9.90. The van der Waals surface area contributed by atoms with Crippen molar-refractivity contribution in [1.29, 1.82) is 0 Å². The van der Waals surface area contributed by atoms with Gasteiger partial charge < -0.3 is 24.8 Å².